The number of benzene rings is 1. The summed E-state index contributed by atoms with van der Waals surface area (Å²) in [7, 11) is 1.65. The molecule has 0 spiro atoms. The molecule has 0 amide bonds. The largest absolute Gasteiger partial charge is 0.485 e. The number of aryl methyl sites for hydroxylation is 1. The highest BCUT2D eigenvalue weighted by atomic mass is 32.1. The summed E-state index contributed by atoms with van der Waals surface area (Å²) in [5.74, 6) is -0.0797. The summed E-state index contributed by atoms with van der Waals surface area (Å²) in [6, 6.07) is 5.01. The third kappa shape index (κ3) is 5.08. The maximum absolute atomic E-state index is 13.9. The van der Waals surface area contributed by atoms with Gasteiger partial charge >= 0.3 is 0 Å². The zero-order chi connectivity index (χ0) is 15.1. The van der Waals surface area contributed by atoms with Gasteiger partial charge in [0.05, 0.1) is 16.5 Å². The molecule has 0 aliphatic carbocycles. The molecular formula is C15H19FN2O2S. The van der Waals surface area contributed by atoms with E-state index in [0.29, 0.717) is 19.8 Å². The number of rotatable bonds is 8. The average Bonchev–Trinajstić information content (AvgIpc) is 2.88. The van der Waals surface area contributed by atoms with Crippen molar-refractivity contribution in [3.63, 3.8) is 0 Å². The summed E-state index contributed by atoms with van der Waals surface area (Å²) in [5, 5.41) is 4.15. The fraction of sp³-hybridized carbons (Fsp3) is 0.400. The van der Waals surface area contributed by atoms with Crippen LogP contribution < -0.4 is 10.1 Å². The minimum absolute atomic E-state index is 0.265. The number of halogens is 1. The van der Waals surface area contributed by atoms with Crippen molar-refractivity contribution >= 4 is 11.3 Å². The van der Waals surface area contributed by atoms with E-state index < -0.39 is 0 Å². The Morgan fingerprint density at radius 2 is 2.24 bits per heavy atom. The summed E-state index contributed by atoms with van der Waals surface area (Å²) < 4.78 is 24.4. The molecule has 2 rings (SSSR count). The van der Waals surface area contributed by atoms with E-state index in [2.05, 4.69) is 10.3 Å². The molecule has 0 atom stereocenters. The van der Waals surface area contributed by atoms with E-state index in [0.717, 1.165) is 22.0 Å². The van der Waals surface area contributed by atoms with Gasteiger partial charge in [0.15, 0.2) is 11.6 Å². The van der Waals surface area contributed by atoms with Gasteiger partial charge in [0, 0.05) is 26.4 Å². The number of hydrogen-bond acceptors (Lipinski definition) is 5. The van der Waals surface area contributed by atoms with E-state index in [1.807, 2.05) is 13.0 Å². The molecule has 0 saturated heterocycles. The standard InChI is InChI=1S/C15H19FN2O2S/c1-11-18-9-13(21-11)10-20-15-4-3-12(7-14(15)16)8-17-5-6-19-2/h3-4,7,9,17H,5-6,8,10H2,1-2H3. The fourth-order valence-corrected chi connectivity index (χ4v) is 2.51. The van der Waals surface area contributed by atoms with E-state index in [9.17, 15) is 4.39 Å². The van der Waals surface area contributed by atoms with Crippen molar-refractivity contribution in [1.29, 1.82) is 0 Å². The monoisotopic (exact) mass is 310 g/mol. The molecule has 2 aromatic rings. The summed E-state index contributed by atoms with van der Waals surface area (Å²) >= 11 is 1.55. The molecule has 4 nitrogen and oxygen atoms in total. The molecule has 21 heavy (non-hydrogen) atoms. The van der Waals surface area contributed by atoms with Gasteiger partial charge < -0.3 is 14.8 Å². The van der Waals surface area contributed by atoms with Crippen molar-refractivity contribution in [3.05, 3.63) is 45.7 Å². The van der Waals surface area contributed by atoms with Gasteiger partial charge in [-0.2, -0.15) is 0 Å². The maximum Gasteiger partial charge on any atom is 0.165 e. The van der Waals surface area contributed by atoms with Gasteiger partial charge in [-0.3, -0.25) is 0 Å². The Labute approximate surface area is 127 Å². The Morgan fingerprint density at radius 1 is 1.38 bits per heavy atom. The topological polar surface area (TPSA) is 43.4 Å². The molecular weight excluding hydrogens is 291 g/mol. The van der Waals surface area contributed by atoms with E-state index in [1.54, 1.807) is 30.7 Å². The van der Waals surface area contributed by atoms with E-state index in [4.69, 9.17) is 9.47 Å². The highest BCUT2D eigenvalue weighted by Gasteiger charge is 2.06. The highest BCUT2D eigenvalue weighted by molar-refractivity contribution is 7.11. The lowest BCUT2D eigenvalue weighted by Gasteiger charge is -2.08. The molecule has 0 saturated carbocycles. The van der Waals surface area contributed by atoms with Crippen LogP contribution in [0.15, 0.2) is 24.4 Å². The van der Waals surface area contributed by atoms with Gasteiger partial charge in [0.1, 0.15) is 6.61 Å². The first-order valence-corrected chi connectivity index (χ1v) is 7.53. The zero-order valence-electron chi connectivity index (χ0n) is 12.2. The summed E-state index contributed by atoms with van der Waals surface area (Å²) in [4.78, 5) is 5.12. The van der Waals surface area contributed by atoms with Crippen LogP contribution in [0.25, 0.3) is 0 Å². The summed E-state index contributed by atoms with van der Waals surface area (Å²) in [6.07, 6.45) is 1.76. The lowest BCUT2D eigenvalue weighted by molar-refractivity contribution is 0.199. The van der Waals surface area contributed by atoms with Gasteiger partial charge in [0.2, 0.25) is 0 Å². The summed E-state index contributed by atoms with van der Waals surface area (Å²) in [5.41, 5.74) is 0.879. The molecule has 0 radical (unpaired) electrons. The van der Waals surface area contributed by atoms with Gasteiger partial charge in [-0.15, -0.1) is 11.3 Å². The van der Waals surface area contributed by atoms with Gasteiger partial charge in [-0.1, -0.05) is 6.07 Å². The van der Waals surface area contributed by atoms with Crippen molar-refractivity contribution in [1.82, 2.24) is 10.3 Å². The van der Waals surface area contributed by atoms with Gasteiger partial charge in [-0.05, 0) is 24.6 Å². The van der Waals surface area contributed by atoms with Crippen LogP contribution in [0.4, 0.5) is 4.39 Å². The molecule has 6 heteroatoms. The molecule has 0 bridgehead atoms. The number of nitrogens with one attached hydrogen (secondary N) is 1. The third-order valence-corrected chi connectivity index (χ3v) is 3.73. The molecule has 0 fully saturated rings. The van der Waals surface area contributed by atoms with Crippen LogP contribution in [0.2, 0.25) is 0 Å². The average molecular weight is 310 g/mol. The lowest BCUT2D eigenvalue weighted by Crippen LogP contribution is -2.18. The predicted octanol–water partition coefficient (Wildman–Crippen LogP) is 2.91. The quantitative estimate of drug-likeness (QED) is 0.761. The number of thiazole rings is 1. The van der Waals surface area contributed by atoms with Gasteiger partial charge in [0.25, 0.3) is 0 Å². The minimum atomic E-state index is -0.345. The minimum Gasteiger partial charge on any atom is -0.485 e. The molecule has 1 heterocycles. The first kappa shape index (κ1) is 15.9. The zero-order valence-corrected chi connectivity index (χ0v) is 13.0. The van der Waals surface area contributed by atoms with E-state index in [1.165, 1.54) is 6.07 Å². The molecule has 0 aliphatic rings. The van der Waals surface area contributed by atoms with Crippen LogP contribution in [0.5, 0.6) is 5.75 Å². The number of nitrogens with zero attached hydrogens (tertiary/aromatic N) is 1. The molecule has 1 aromatic carbocycles. The lowest BCUT2D eigenvalue weighted by atomic mass is 10.2. The molecule has 1 aromatic heterocycles. The Hall–Kier alpha value is -1.50. The SMILES string of the molecule is COCCNCc1ccc(OCc2cnc(C)s2)c(F)c1. The van der Waals surface area contributed by atoms with Crippen molar-refractivity contribution < 1.29 is 13.9 Å². The Balaban J connectivity index is 1.86. The normalized spacial score (nSPS) is 10.8. The Kier molecular flexibility index (Phi) is 6.10. The van der Waals surface area contributed by atoms with Gasteiger partial charge in [-0.25, -0.2) is 9.37 Å². The number of hydrogen-bond donors (Lipinski definition) is 1. The highest BCUT2D eigenvalue weighted by Crippen LogP contribution is 2.21. The Bertz CT molecular complexity index is 575. The van der Waals surface area contributed by atoms with Crippen LogP contribution in [-0.4, -0.2) is 25.2 Å². The van der Waals surface area contributed by atoms with E-state index >= 15 is 0 Å². The maximum atomic E-state index is 13.9. The second kappa shape index (κ2) is 8.07. The fourth-order valence-electron chi connectivity index (χ4n) is 1.80. The first-order chi connectivity index (χ1) is 10.2. The van der Waals surface area contributed by atoms with Crippen LogP contribution >= 0.6 is 11.3 Å². The van der Waals surface area contributed by atoms with Crippen LogP contribution in [-0.2, 0) is 17.9 Å². The number of aromatic nitrogens is 1. The first-order valence-electron chi connectivity index (χ1n) is 6.71. The van der Waals surface area contributed by atoms with Crippen LogP contribution in [0, 0.1) is 12.7 Å². The van der Waals surface area contributed by atoms with Crippen molar-refractivity contribution in [2.24, 2.45) is 0 Å². The molecule has 0 unspecified atom stereocenters. The molecule has 0 aliphatic heterocycles. The third-order valence-electron chi connectivity index (χ3n) is 2.85. The number of ether oxygens (including phenoxy) is 2. The molecule has 1 N–H and O–H groups in total. The summed E-state index contributed by atoms with van der Waals surface area (Å²) in [6.45, 7) is 4.25. The van der Waals surface area contributed by atoms with E-state index in [-0.39, 0.29) is 11.6 Å². The van der Waals surface area contributed by atoms with Crippen LogP contribution in [0.3, 0.4) is 0 Å². The predicted molar refractivity (Wildman–Crippen MR) is 81.2 cm³/mol. The smallest absolute Gasteiger partial charge is 0.165 e. The molecule has 114 valence electrons. The Morgan fingerprint density at radius 3 is 2.90 bits per heavy atom. The van der Waals surface area contributed by atoms with Crippen molar-refractivity contribution in [3.8, 4) is 5.75 Å². The van der Waals surface area contributed by atoms with Crippen molar-refractivity contribution in [2.45, 2.75) is 20.1 Å². The van der Waals surface area contributed by atoms with Crippen molar-refractivity contribution in [2.75, 3.05) is 20.3 Å². The second-order valence-corrected chi connectivity index (χ2v) is 5.89. The second-order valence-electron chi connectivity index (χ2n) is 4.57. The van der Waals surface area contributed by atoms with Crippen LogP contribution in [0.1, 0.15) is 15.4 Å². The number of methoxy groups -OCH3 is 1.